The Balaban J connectivity index is 2.47. The molecule has 0 radical (unpaired) electrons. The lowest BCUT2D eigenvalue weighted by Crippen LogP contribution is -2.37. The van der Waals surface area contributed by atoms with Gasteiger partial charge in [0.25, 0.3) is 5.56 Å². The van der Waals surface area contributed by atoms with Crippen LogP contribution in [0.3, 0.4) is 0 Å². The van der Waals surface area contributed by atoms with Crippen molar-refractivity contribution >= 4 is 11.6 Å². The second-order valence-corrected chi connectivity index (χ2v) is 3.95. The third-order valence-corrected chi connectivity index (χ3v) is 2.60. The topological polar surface area (TPSA) is 54.9 Å². The van der Waals surface area contributed by atoms with Crippen molar-refractivity contribution in [2.75, 3.05) is 0 Å². The van der Waals surface area contributed by atoms with Gasteiger partial charge in [0.1, 0.15) is 5.82 Å². The molecule has 0 bridgehead atoms. The van der Waals surface area contributed by atoms with Gasteiger partial charge >= 0.3 is 5.69 Å². The first kappa shape index (κ1) is 12.5. The quantitative estimate of drug-likeness (QED) is 0.843. The molecule has 0 unspecified atom stereocenters. The van der Waals surface area contributed by atoms with Gasteiger partial charge < -0.3 is 0 Å². The Morgan fingerprint density at radius 3 is 2.39 bits per heavy atom. The van der Waals surface area contributed by atoms with Crippen LogP contribution >= 0.6 is 11.6 Å². The number of aromatic nitrogens is 2. The van der Waals surface area contributed by atoms with E-state index in [0.717, 1.165) is 0 Å². The standard InChI is InChI=1S/C11H7ClF2N2O2/c12-9-8(14)10(17)16(11(18)15-9)5-6-1-3-7(13)4-2-6/h1-4H,5H2,(H,15,18). The molecule has 0 aliphatic rings. The Morgan fingerprint density at radius 1 is 1.17 bits per heavy atom. The van der Waals surface area contributed by atoms with Gasteiger partial charge in [-0.1, -0.05) is 23.7 Å². The zero-order valence-corrected chi connectivity index (χ0v) is 9.67. The van der Waals surface area contributed by atoms with Crippen molar-refractivity contribution in [3.05, 3.63) is 67.5 Å². The van der Waals surface area contributed by atoms with Crippen molar-refractivity contribution in [2.24, 2.45) is 0 Å². The molecular formula is C11H7ClF2N2O2. The van der Waals surface area contributed by atoms with Crippen LogP contribution in [0.5, 0.6) is 0 Å². The smallest absolute Gasteiger partial charge is 0.295 e. The van der Waals surface area contributed by atoms with Crippen molar-refractivity contribution < 1.29 is 8.78 Å². The number of H-pyrrole nitrogens is 1. The highest BCUT2D eigenvalue weighted by molar-refractivity contribution is 6.29. The number of hydrogen-bond acceptors (Lipinski definition) is 2. The third-order valence-electron chi connectivity index (χ3n) is 2.34. The zero-order chi connectivity index (χ0) is 13.3. The van der Waals surface area contributed by atoms with E-state index < -0.39 is 28.0 Å². The molecule has 1 aromatic carbocycles. The van der Waals surface area contributed by atoms with Crippen molar-refractivity contribution in [2.45, 2.75) is 6.54 Å². The number of rotatable bonds is 2. The number of hydrogen-bond donors (Lipinski definition) is 1. The summed E-state index contributed by atoms with van der Waals surface area (Å²) in [6.45, 7) is -0.164. The average molecular weight is 273 g/mol. The van der Waals surface area contributed by atoms with Gasteiger partial charge in [0, 0.05) is 0 Å². The molecule has 0 fully saturated rings. The molecule has 4 nitrogen and oxygen atoms in total. The third kappa shape index (κ3) is 2.33. The number of benzene rings is 1. The number of nitrogens with zero attached hydrogens (tertiary/aromatic N) is 1. The van der Waals surface area contributed by atoms with E-state index in [1.807, 2.05) is 4.98 Å². The molecule has 0 aliphatic carbocycles. The zero-order valence-electron chi connectivity index (χ0n) is 8.91. The lowest BCUT2D eigenvalue weighted by molar-refractivity contribution is 0.557. The van der Waals surface area contributed by atoms with E-state index in [4.69, 9.17) is 11.6 Å². The molecule has 1 aromatic heterocycles. The molecule has 0 spiro atoms. The molecule has 1 heterocycles. The lowest BCUT2D eigenvalue weighted by Gasteiger charge is -2.05. The molecule has 2 aromatic rings. The van der Waals surface area contributed by atoms with Gasteiger partial charge in [-0.25, -0.2) is 9.18 Å². The van der Waals surface area contributed by atoms with E-state index in [2.05, 4.69) is 0 Å². The molecule has 0 aliphatic heterocycles. The Hall–Kier alpha value is -1.95. The van der Waals surface area contributed by atoms with Crippen LogP contribution < -0.4 is 11.2 Å². The van der Waals surface area contributed by atoms with E-state index in [9.17, 15) is 18.4 Å². The molecule has 94 valence electrons. The first-order chi connectivity index (χ1) is 8.49. The average Bonchev–Trinajstić information content (AvgIpc) is 2.34. The minimum Gasteiger partial charge on any atom is -0.295 e. The molecule has 2 rings (SSSR count). The Kier molecular flexibility index (Phi) is 3.29. The molecule has 0 saturated heterocycles. The van der Waals surface area contributed by atoms with Crippen molar-refractivity contribution in [3.63, 3.8) is 0 Å². The van der Waals surface area contributed by atoms with Crippen LogP contribution in [0.15, 0.2) is 33.9 Å². The second-order valence-electron chi connectivity index (χ2n) is 3.58. The summed E-state index contributed by atoms with van der Waals surface area (Å²) in [5.74, 6) is -1.67. The normalized spacial score (nSPS) is 10.6. The minimum atomic E-state index is -1.22. The highest BCUT2D eigenvalue weighted by Crippen LogP contribution is 2.05. The Bertz CT molecular complexity index is 692. The van der Waals surface area contributed by atoms with E-state index in [1.54, 1.807) is 0 Å². The van der Waals surface area contributed by atoms with Crippen molar-refractivity contribution in [1.82, 2.24) is 9.55 Å². The van der Waals surface area contributed by atoms with Crippen LogP contribution in [-0.2, 0) is 6.54 Å². The summed E-state index contributed by atoms with van der Waals surface area (Å²) in [5.41, 5.74) is -1.45. The molecule has 0 atom stereocenters. The maximum absolute atomic E-state index is 13.2. The molecular weight excluding hydrogens is 266 g/mol. The van der Waals surface area contributed by atoms with Crippen LogP contribution in [0, 0.1) is 11.6 Å². The van der Waals surface area contributed by atoms with E-state index in [0.29, 0.717) is 10.1 Å². The van der Waals surface area contributed by atoms with Gasteiger partial charge in [-0.2, -0.15) is 4.39 Å². The van der Waals surface area contributed by atoms with Crippen LogP contribution in [0.4, 0.5) is 8.78 Å². The predicted octanol–water partition coefficient (Wildman–Crippen LogP) is 1.52. The largest absolute Gasteiger partial charge is 0.329 e. The number of aromatic amines is 1. The first-order valence-corrected chi connectivity index (χ1v) is 5.29. The Labute approximate surface area is 104 Å². The first-order valence-electron chi connectivity index (χ1n) is 4.91. The van der Waals surface area contributed by atoms with E-state index in [1.165, 1.54) is 24.3 Å². The monoisotopic (exact) mass is 272 g/mol. The van der Waals surface area contributed by atoms with Gasteiger partial charge in [-0.15, -0.1) is 0 Å². The fraction of sp³-hybridized carbons (Fsp3) is 0.0909. The molecule has 0 amide bonds. The van der Waals surface area contributed by atoms with Gasteiger partial charge in [-0.05, 0) is 17.7 Å². The summed E-state index contributed by atoms with van der Waals surface area (Å²) >= 11 is 5.32. The summed E-state index contributed by atoms with van der Waals surface area (Å²) in [4.78, 5) is 25.0. The van der Waals surface area contributed by atoms with Crippen LogP contribution in [0.1, 0.15) is 5.56 Å². The summed E-state index contributed by atoms with van der Waals surface area (Å²) in [7, 11) is 0. The molecule has 1 N–H and O–H groups in total. The Morgan fingerprint density at radius 2 is 1.78 bits per heavy atom. The van der Waals surface area contributed by atoms with Gasteiger partial charge in [0.05, 0.1) is 6.54 Å². The summed E-state index contributed by atoms with van der Waals surface area (Å²) in [6.07, 6.45) is 0. The SMILES string of the molecule is O=c1[nH]c(Cl)c(F)c(=O)n1Cc1ccc(F)cc1. The minimum absolute atomic E-state index is 0.164. The fourth-order valence-electron chi connectivity index (χ4n) is 1.44. The summed E-state index contributed by atoms with van der Waals surface area (Å²) in [6, 6.07) is 5.16. The van der Waals surface area contributed by atoms with E-state index in [-0.39, 0.29) is 6.54 Å². The highest BCUT2D eigenvalue weighted by atomic mass is 35.5. The maximum Gasteiger partial charge on any atom is 0.329 e. The molecule has 18 heavy (non-hydrogen) atoms. The summed E-state index contributed by atoms with van der Waals surface area (Å²) < 4.78 is 26.6. The number of nitrogens with one attached hydrogen (secondary N) is 1. The predicted molar refractivity (Wildman–Crippen MR) is 61.8 cm³/mol. The van der Waals surface area contributed by atoms with Crippen LogP contribution in [-0.4, -0.2) is 9.55 Å². The van der Waals surface area contributed by atoms with Crippen molar-refractivity contribution in [3.8, 4) is 0 Å². The van der Waals surface area contributed by atoms with Gasteiger partial charge in [0.2, 0.25) is 5.82 Å². The maximum atomic E-state index is 13.2. The molecule has 7 heteroatoms. The highest BCUT2D eigenvalue weighted by Gasteiger charge is 2.12. The molecule has 0 saturated carbocycles. The van der Waals surface area contributed by atoms with E-state index >= 15 is 0 Å². The lowest BCUT2D eigenvalue weighted by atomic mass is 10.2. The van der Waals surface area contributed by atoms with Gasteiger partial charge in [0.15, 0.2) is 5.15 Å². The fourth-order valence-corrected chi connectivity index (χ4v) is 1.60. The van der Waals surface area contributed by atoms with Crippen LogP contribution in [0.2, 0.25) is 5.15 Å². The summed E-state index contributed by atoms with van der Waals surface area (Å²) in [5, 5.41) is -0.625. The van der Waals surface area contributed by atoms with Gasteiger partial charge in [-0.3, -0.25) is 14.3 Å². The second kappa shape index (κ2) is 4.73. The van der Waals surface area contributed by atoms with Crippen LogP contribution in [0.25, 0.3) is 0 Å². The van der Waals surface area contributed by atoms with Crippen molar-refractivity contribution in [1.29, 1.82) is 0 Å². The number of halogens is 3.